The minimum atomic E-state index is -0.316. The van der Waals surface area contributed by atoms with Crippen LogP contribution in [-0.4, -0.2) is 5.91 Å². The quantitative estimate of drug-likeness (QED) is 0.871. The van der Waals surface area contributed by atoms with Crippen LogP contribution < -0.4 is 5.73 Å². The van der Waals surface area contributed by atoms with Gasteiger partial charge in [0.25, 0.3) is 0 Å². The largest absolute Gasteiger partial charge is 0.369 e. The standard InChI is InChI=1S/C16H15NO/c17-16(18)12-6-10-14-9-4-5-11-15(14)13-7-2-1-3-8-13/h1-11H,12H2,(H2,17,18). The summed E-state index contributed by atoms with van der Waals surface area (Å²) in [5, 5.41) is 0. The van der Waals surface area contributed by atoms with Crippen LogP contribution in [0.4, 0.5) is 0 Å². The van der Waals surface area contributed by atoms with Gasteiger partial charge < -0.3 is 5.73 Å². The Morgan fingerprint density at radius 2 is 1.67 bits per heavy atom. The van der Waals surface area contributed by atoms with E-state index in [9.17, 15) is 4.79 Å². The highest BCUT2D eigenvalue weighted by Crippen LogP contribution is 2.24. The molecule has 2 heteroatoms. The fourth-order valence-corrected chi connectivity index (χ4v) is 1.82. The van der Waals surface area contributed by atoms with Crippen molar-refractivity contribution in [2.75, 3.05) is 0 Å². The third-order valence-corrected chi connectivity index (χ3v) is 2.66. The number of benzene rings is 2. The molecule has 2 aromatic carbocycles. The van der Waals surface area contributed by atoms with Gasteiger partial charge in [-0.15, -0.1) is 0 Å². The van der Waals surface area contributed by atoms with E-state index in [0.717, 1.165) is 16.7 Å². The van der Waals surface area contributed by atoms with Crippen LogP contribution >= 0.6 is 0 Å². The molecule has 0 atom stereocenters. The van der Waals surface area contributed by atoms with Crippen molar-refractivity contribution < 1.29 is 4.79 Å². The van der Waals surface area contributed by atoms with Crippen LogP contribution in [0.2, 0.25) is 0 Å². The minimum absolute atomic E-state index is 0.267. The van der Waals surface area contributed by atoms with Gasteiger partial charge in [-0.25, -0.2) is 0 Å². The van der Waals surface area contributed by atoms with Crippen molar-refractivity contribution >= 4 is 12.0 Å². The summed E-state index contributed by atoms with van der Waals surface area (Å²) in [5.41, 5.74) is 8.52. The van der Waals surface area contributed by atoms with Crippen molar-refractivity contribution in [1.82, 2.24) is 0 Å². The Morgan fingerprint density at radius 1 is 1.00 bits per heavy atom. The average Bonchev–Trinajstić information content (AvgIpc) is 2.40. The molecule has 2 rings (SSSR count). The number of hydrogen-bond donors (Lipinski definition) is 1. The summed E-state index contributed by atoms with van der Waals surface area (Å²) in [6.07, 6.45) is 4.00. The Balaban J connectivity index is 2.32. The van der Waals surface area contributed by atoms with E-state index < -0.39 is 0 Å². The molecule has 18 heavy (non-hydrogen) atoms. The van der Waals surface area contributed by atoms with Crippen LogP contribution in [0.5, 0.6) is 0 Å². The van der Waals surface area contributed by atoms with E-state index in [2.05, 4.69) is 18.2 Å². The molecule has 0 unspecified atom stereocenters. The lowest BCUT2D eigenvalue weighted by molar-refractivity contribution is -0.117. The summed E-state index contributed by atoms with van der Waals surface area (Å²) in [6.45, 7) is 0. The number of carbonyl (C=O) groups is 1. The highest BCUT2D eigenvalue weighted by atomic mass is 16.1. The van der Waals surface area contributed by atoms with Crippen LogP contribution in [0.15, 0.2) is 60.7 Å². The first-order chi connectivity index (χ1) is 8.77. The molecular formula is C16H15NO. The van der Waals surface area contributed by atoms with E-state index in [1.165, 1.54) is 0 Å². The molecule has 90 valence electrons. The van der Waals surface area contributed by atoms with Crippen LogP contribution in [0.1, 0.15) is 12.0 Å². The Bertz CT molecular complexity index is 558. The molecule has 2 nitrogen and oxygen atoms in total. The van der Waals surface area contributed by atoms with E-state index in [-0.39, 0.29) is 12.3 Å². The molecule has 0 saturated heterocycles. The van der Waals surface area contributed by atoms with Gasteiger partial charge in [-0.2, -0.15) is 0 Å². The maximum absolute atomic E-state index is 10.7. The number of amides is 1. The maximum Gasteiger partial charge on any atom is 0.221 e. The highest BCUT2D eigenvalue weighted by molar-refractivity contribution is 5.79. The monoisotopic (exact) mass is 237 g/mol. The van der Waals surface area contributed by atoms with Crippen molar-refractivity contribution in [3.63, 3.8) is 0 Å². The van der Waals surface area contributed by atoms with Crippen LogP contribution in [0.25, 0.3) is 17.2 Å². The molecule has 0 aliphatic rings. The molecule has 0 fully saturated rings. The molecule has 0 aliphatic carbocycles. The lowest BCUT2D eigenvalue weighted by atomic mass is 9.99. The normalized spacial score (nSPS) is 10.7. The Morgan fingerprint density at radius 3 is 2.39 bits per heavy atom. The summed E-state index contributed by atoms with van der Waals surface area (Å²) < 4.78 is 0. The summed E-state index contributed by atoms with van der Waals surface area (Å²) in [7, 11) is 0. The van der Waals surface area contributed by atoms with Crippen molar-refractivity contribution in [3.8, 4) is 11.1 Å². The van der Waals surface area contributed by atoms with E-state index in [0.29, 0.717) is 0 Å². The predicted octanol–water partition coefficient (Wildman–Crippen LogP) is 3.24. The average molecular weight is 237 g/mol. The fraction of sp³-hybridized carbons (Fsp3) is 0.0625. The molecule has 0 heterocycles. The number of hydrogen-bond acceptors (Lipinski definition) is 1. The van der Waals surface area contributed by atoms with Gasteiger partial charge in [-0.1, -0.05) is 66.7 Å². The first kappa shape index (κ1) is 12.1. The van der Waals surface area contributed by atoms with Crippen LogP contribution in [-0.2, 0) is 4.79 Å². The van der Waals surface area contributed by atoms with E-state index in [1.54, 1.807) is 6.08 Å². The number of nitrogens with two attached hydrogens (primary N) is 1. The van der Waals surface area contributed by atoms with Crippen molar-refractivity contribution in [3.05, 3.63) is 66.2 Å². The molecule has 0 saturated carbocycles. The van der Waals surface area contributed by atoms with Crippen LogP contribution in [0.3, 0.4) is 0 Å². The zero-order chi connectivity index (χ0) is 12.8. The fourth-order valence-electron chi connectivity index (χ4n) is 1.82. The summed E-state index contributed by atoms with van der Waals surface area (Å²) in [4.78, 5) is 10.7. The molecule has 2 N–H and O–H groups in total. The zero-order valence-corrected chi connectivity index (χ0v) is 10.0. The second kappa shape index (κ2) is 5.82. The first-order valence-electron chi connectivity index (χ1n) is 5.86. The molecule has 0 aliphatic heterocycles. The van der Waals surface area contributed by atoms with Gasteiger partial charge in [-0.05, 0) is 16.7 Å². The summed E-state index contributed by atoms with van der Waals surface area (Å²) in [5.74, 6) is -0.316. The molecule has 0 aromatic heterocycles. The smallest absolute Gasteiger partial charge is 0.221 e. The predicted molar refractivity (Wildman–Crippen MR) is 74.7 cm³/mol. The van der Waals surface area contributed by atoms with E-state index in [1.807, 2.05) is 42.5 Å². The lowest BCUT2D eigenvalue weighted by Gasteiger charge is -2.05. The molecule has 0 radical (unpaired) electrons. The first-order valence-corrected chi connectivity index (χ1v) is 5.86. The second-order valence-electron chi connectivity index (χ2n) is 4.03. The third kappa shape index (κ3) is 3.08. The van der Waals surface area contributed by atoms with Gasteiger partial charge in [0.05, 0.1) is 0 Å². The van der Waals surface area contributed by atoms with Crippen LogP contribution in [0, 0.1) is 0 Å². The maximum atomic E-state index is 10.7. The van der Waals surface area contributed by atoms with Gasteiger partial charge in [0.1, 0.15) is 0 Å². The Kier molecular flexibility index (Phi) is 3.92. The summed E-state index contributed by atoms with van der Waals surface area (Å²) in [6, 6.07) is 18.2. The Labute approximate surface area is 107 Å². The number of rotatable bonds is 4. The van der Waals surface area contributed by atoms with Gasteiger partial charge >= 0.3 is 0 Å². The molecular weight excluding hydrogens is 222 g/mol. The van der Waals surface area contributed by atoms with Crippen molar-refractivity contribution in [2.45, 2.75) is 6.42 Å². The van der Waals surface area contributed by atoms with Crippen molar-refractivity contribution in [1.29, 1.82) is 0 Å². The molecule has 0 bridgehead atoms. The molecule has 0 spiro atoms. The van der Waals surface area contributed by atoms with Gasteiger partial charge in [0.2, 0.25) is 5.91 Å². The van der Waals surface area contributed by atoms with Gasteiger partial charge in [-0.3, -0.25) is 4.79 Å². The number of carbonyl (C=O) groups excluding carboxylic acids is 1. The van der Waals surface area contributed by atoms with Crippen molar-refractivity contribution in [2.24, 2.45) is 5.73 Å². The lowest BCUT2D eigenvalue weighted by Crippen LogP contribution is -2.07. The summed E-state index contributed by atoms with van der Waals surface area (Å²) >= 11 is 0. The second-order valence-corrected chi connectivity index (χ2v) is 4.03. The Hall–Kier alpha value is -2.35. The van der Waals surface area contributed by atoms with Gasteiger partial charge in [0, 0.05) is 6.42 Å². The SMILES string of the molecule is NC(=O)CC=Cc1ccccc1-c1ccccc1. The topological polar surface area (TPSA) is 43.1 Å². The van der Waals surface area contributed by atoms with E-state index in [4.69, 9.17) is 5.73 Å². The third-order valence-electron chi connectivity index (χ3n) is 2.66. The number of primary amides is 1. The van der Waals surface area contributed by atoms with E-state index >= 15 is 0 Å². The minimum Gasteiger partial charge on any atom is -0.369 e. The zero-order valence-electron chi connectivity index (χ0n) is 10.0. The molecule has 2 aromatic rings. The highest BCUT2D eigenvalue weighted by Gasteiger charge is 2.00. The molecule has 1 amide bonds. The van der Waals surface area contributed by atoms with Gasteiger partial charge in [0.15, 0.2) is 0 Å².